The van der Waals surface area contributed by atoms with Gasteiger partial charge in [-0.3, -0.25) is 53.0 Å². The first-order valence-electron chi connectivity index (χ1n) is 44.1. The van der Waals surface area contributed by atoms with Gasteiger partial charge in [-0.25, -0.2) is 23.2 Å². The Kier molecular flexibility index (Phi) is 43.4. The quantitative estimate of drug-likeness (QED) is 0.0204. The van der Waals surface area contributed by atoms with Crippen LogP contribution in [0.5, 0.6) is 23.0 Å². The molecular formula is C97H126F2N12O20. The van der Waals surface area contributed by atoms with Crippen molar-refractivity contribution in [2.45, 2.75) is 138 Å². The summed E-state index contributed by atoms with van der Waals surface area (Å²) in [5, 5.41) is 35.9. The smallest absolute Gasteiger partial charge is 0.410 e. The summed E-state index contributed by atoms with van der Waals surface area (Å²) in [6.45, 7) is 21.5. The minimum Gasteiger partial charge on any atom is -0.496 e. The number of piperidine rings is 5. The summed E-state index contributed by atoms with van der Waals surface area (Å²) >= 11 is 0. The molecule has 8 aliphatic rings. The van der Waals surface area contributed by atoms with Gasteiger partial charge in [-0.2, -0.15) is 0 Å². The number of fused-ring (bicyclic) bond motifs is 3. The fourth-order valence-corrected chi connectivity index (χ4v) is 15.2. The first kappa shape index (κ1) is 105. The van der Waals surface area contributed by atoms with Crippen LogP contribution in [0, 0.1) is 41.2 Å². The number of carboxylic acids is 2. The minimum atomic E-state index is -0.909. The summed E-state index contributed by atoms with van der Waals surface area (Å²) in [6, 6.07) is 44.1. The monoisotopic (exact) mass is 1820 g/mol. The van der Waals surface area contributed by atoms with Crippen molar-refractivity contribution in [1.82, 2.24) is 46.6 Å². The number of anilines is 1. The molecule has 8 heterocycles. The topological polar surface area (TPSA) is 438 Å². The number of para-hydroxylation sites is 4. The molecule has 8 aliphatic heterocycles. The number of esters is 2. The van der Waals surface area contributed by atoms with Crippen LogP contribution < -0.4 is 67.2 Å². The van der Waals surface area contributed by atoms with Crippen LogP contribution in [0.25, 0.3) is 0 Å². The van der Waals surface area contributed by atoms with Crippen molar-refractivity contribution in [3.63, 3.8) is 0 Å². The van der Waals surface area contributed by atoms with E-state index in [-0.39, 0.29) is 88.6 Å². The van der Waals surface area contributed by atoms with Gasteiger partial charge in [0, 0.05) is 107 Å². The van der Waals surface area contributed by atoms with E-state index in [1.807, 2.05) is 116 Å². The van der Waals surface area contributed by atoms with Crippen molar-refractivity contribution in [3.8, 4) is 23.0 Å². The second-order valence-electron chi connectivity index (χ2n) is 32.3. The van der Waals surface area contributed by atoms with Crippen molar-refractivity contribution < 1.29 is 105 Å². The number of amides is 8. The molecule has 34 heteroatoms. The number of likely N-dealkylation sites (tertiary alicyclic amines) is 1. The van der Waals surface area contributed by atoms with Crippen LogP contribution in [0.1, 0.15) is 190 Å². The molecule has 708 valence electrons. The number of hydrogen-bond donors (Lipinski definition) is 10. The highest BCUT2D eigenvalue weighted by molar-refractivity contribution is 6.24. The maximum Gasteiger partial charge on any atom is 0.410 e. The Morgan fingerprint density at radius 1 is 0.443 bits per heavy atom. The maximum absolute atomic E-state index is 13.2. The molecular weight excluding hydrogens is 1690 g/mol. The number of methoxy groups -OCH3 is 4. The van der Waals surface area contributed by atoms with Crippen LogP contribution in [0.15, 0.2) is 152 Å². The average molecular weight is 1820 g/mol. The predicted molar refractivity (Wildman–Crippen MR) is 489 cm³/mol. The van der Waals surface area contributed by atoms with Gasteiger partial charge in [0.15, 0.2) is 0 Å². The highest BCUT2D eigenvalue weighted by Crippen LogP contribution is 2.35. The van der Waals surface area contributed by atoms with E-state index in [1.54, 1.807) is 69.1 Å². The average Bonchev–Trinajstić information content (AvgIpc) is 1.63. The van der Waals surface area contributed by atoms with Crippen molar-refractivity contribution in [2.24, 2.45) is 41.1 Å². The van der Waals surface area contributed by atoms with Crippen LogP contribution in [0.3, 0.4) is 0 Å². The number of carbonyl (C=O) groups excluding carboxylic acids is 10. The number of nitrogens with one attached hydrogen (secondary N) is 6. The van der Waals surface area contributed by atoms with Gasteiger partial charge in [0.05, 0.1) is 91.5 Å². The number of rotatable bonds is 19. The molecule has 5 saturated heterocycles. The molecule has 32 nitrogen and oxygen atoms in total. The lowest BCUT2D eigenvalue weighted by molar-refractivity contribution is -0.144. The second-order valence-corrected chi connectivity index (χ2v) is 32.3. The third-order valence-corrected chi connectivity index (χ3v) is 22.1. The largest absolute Gasteiger partial charge is 0.496 e. The van der Waals surface area contributed by atoms with E-state index in [9.17, 15) is 66.3 Å². The molecule has 8 amide bonds. The first-order chi connectivity index (χ1) is 62.9. The zero-order chi connectivity index (χ0) is 95.7. The molecule has 0 unspecified atom stereocenters. The van der Waals surface area contributed by atoms with Crippen LogP contribution in [0.2, 0.25) is 0 Å². The van der Waals surface area contributed by atoms with E-state index in [0.717, 1.165) is 166 Å². The van der Waals surface area contributed by atoms with Crippen LogP contribution in [-0.2, 0) is 59.6 Å². The van der Waals surface area contributed by atoms with Crippen LogP contribution in [-0.4, -0.2) is 215 Å². The molecule has 7 aromatic carbocycles. The van der Waals surface area contributed by atoms with E-state index in [2.05, 4.69) is 41.5 Å². The standard InChI is InChI=1S/C24H27N3O4.2C14H20N2O2.C11H19NO4.C10H8FNO2.C8H3FO3.C8H11NO.C6H11NO2.C2H7N/c1-3-27-23(29)18-10-6-11-19(21(18)24(27)30)26-13-7-9-17(15-26)22(28)25-14-16-8-4-5-12-20(16)31-2;2*1-18-13-7-3-2-5-11(13)10-16-14(17)12-6-4-8-15-9-12;1-11(2,3)16-10(15)12-6-4-5-8(7-12)9(13)14;1-2-12-9(13)6-4-3-5-7(11)8(6)10(12)14;9-5-3-1-2-4-6(5)8(11)12-7(4)10;1-10-8-5-3-2-4-7(8)6-9;8-6(9)5-2-1-3-7-4-5;1-2-3/h4-6,8,10-12,17H,3,7,9,13-15H2,1-2H3,(H,25,28);2*2-3,5,7,12,15H,4,6,8-10H2,1H3,(H,16,17);8H,4-7H2,1-3H3,(H,13,14);3-5H,2H2,1H3;1-3H;2-5H,6,9H2,1H3;5,7H,1-4H2,(H,8,9);2-3H2,1H3/t17-;2*12-;8-;;;;5-;/m1111...1./s1. The lowest BCUT2D eigenvalue weighted by Gasteiger charge is -2.34. The predicted octanol–water partition coefficient (Wildman–Crippen LogP) is 11.0. The molecule has 131 heavy (non-hydrogen) atoms. The van der Waals surface area contributed by atoms with Gasteiger partial charge < -0.3 is 91.8 Å². The molecule has 0 aromatic heterocycles. The summed E-state index contributed by atoms with van der Waals surface area (Å²) in [4.78, 5) is 146. The normalized spacial score (nSPS) is 17.9. The number of imide groups is 2. The molecule has 12 N–H and O–H groups in total. The van der Waals surface area contributed by atoms with Gasteiger partial charge in [0.25, 0.3) is 23.6 Å². The summed E-state index contributed by atoms with van der Waals surface area (Å²) in [5.41, 5.74) is 15.2. The molecule has 5 atom stereocenters. The number of cyclic esters (lactones) is 2. The van der Waals surface area contributed by atoms with Gasteiger partial charge in [0.1, 0.15) is 45.8 Å². The summed E-state index contributed by atoms with van der Waals surface area (Å²) in [6.07, 6.45) is 8.50. The number of ether oxygens (including phenoxy) is 6. The number of benzene rings is 7. The van der Waals surface area contributed by atoms with Crippen LogP contribution in [0.4, 0.5) is 19.3 Å². The van der Waals surface area contributed by atoms with Gasteiger partial charge in [-0.1, -0.05) is 97.9 Å². The lowest BCUT2D eigenvalue weighted by Crippen LogP contribution is -2.44. The zero-order valence-corrected chi connectivity index (χ0v) is 76.4. The Morgan fingerprint density at radius 2 is 0.817 bits per heavy atom. The Balaban J connectivity index is 0.000000210. The number of carbonyl (C=O) groups is 12. The fraction of sp³-hybridized carbons (Fsp3) is 0.443. The number of aliphatic carboxylic acids is 2. The van der Waals surface area contributed by atoms with Gasteiger partial charge in [-0.05, 0) is 186 Å². The molecule has 0 aliphatic carbocycles. The Bertz CT molecular complexity index is 4890. The van der Waals surface area contributed by atoms with Gasteiger partial charge >= 0.3 is 30.0 Å². The number of hydrogen-bond acceptors (Lipinski definition) is 24. The minimum absolute atomic E-state index is 0.000000000000000444. The lowest BCUT2D eigenvalue weighted by atomic mass is 9.95. The Hall–Kier alpha value is -12.8. The second kappa shape index (κ2) is 54.0. The van der Waals surface area contributed by atoms with Crippen molar-refractivity contribution in [2.75, 3.05) is 118 Å². The number of nitrogens with two attached hydrogens (primary N) is 2. The molecule has 0 saturated carbocycles. The van der Waals surface area contributed by atoms with E-state index in [0.29, 0.717) is 69.9 Å². The molecule has 0 spiro atoms. The highest BCUT2D eigenvalue weighted by atomic mass is 19.1. The van der Waals surface area contributed by atoms with Crippen molar-refractivity contribution in [1.29, 1.82) is 0 Å². The van der Waals surface area contributed by atoms with E-state index in [1.165, 1.54) is 40.1 Å². The Labute approximate surface area is 763 Å². The zero-order valence-electron chi connectivity index (χ0n) is 76.4. The summed E-state index contributed by atoms with van der Waals surface area (Å²) in [7, 11) is 6.55. The molecule has 5 fully saturated rings. The number of nitrogens with zero attached hydrogens (tertiary/aromatic N) is 4. The number of halogens is 2. The molecule has 0 bridgehead atoms. The molecule has 15 rings (SSSR count). The van der Waals surface area contributed by atoms with E-state index >= 15 is 0 Å². The maximum atomic E-state index is 13.2. The highest BCUT2D eigenvalue weighted by Gasteiger charge is 2.41. The van der Waals surface area contributed by atoms with Crippen LogP contribution >= 0.6 is 0 Å². The molecule has 0 radical (unpaired) electrons. The Morgan fingerprint density at radius 3 is 1.21 bits per heavy atom. The third-order valence-electron chi connectivity index (χ3n) is 22.1. The van der Waals surface area contributed by atoms with Crippen molar-refractivity contribution >= 4 is 77.0 Å². The van der Waals surface area contributed by atoms with Crippen molar-refractivity contribution in [3.05, 3.63) is 219 Å². The summed E-state index contributed by atoms with van der Waals surface area (Å²) < 4.78 is 56.4. The van der Waals surface area contributed by atoms with Gasteiger partial charge in [-0.15, -0.1) is 0 Å². The SMILES string of the molecule is CC(C)(C)OC(=O)N1CCC[C@@H](C(=O)O)C1.CCN.CCN1C(=O)c2cccc(F)c2C1=O.CCN1C(=O)c2cccc(N3CCC[C@@H](C(=O)NCc4ccccc4OC)C3)c2C1=O.COc1ccccc1CN.COc1ccccc1CNC(=O)[C@@H]1CCCNC1.COc1ccccc1CNC(=O)[C@@H]1CCCNC1.O=C(O)[C@@H]1CCCNC1.O=C1OC(=O)c2c(F)cccc21. The first-order valence-corrected chi connectivity index (χ1v) is 44.1. The van der Waals surface area contributed by atoms with Gasteiger partial charge in [0.2, 0.25) is 17.7 Å². The number of carboxylic acid groups (broad SMARTS) is 2. The summed E-state index contributed by atoms with van der Waals surface area (Å²) in [5.74, 6) is -3.05. The van der Waals surface area contributed by atoms with E-state index in [4.69, 9.17) is 45.4 Å². The third kappa shape index (κ3) is 31.2. The van der Waals surface area contributed by atoms with E-state index < -0.39 is 64.9 Å². The fourth-order valence-electron chi connectivity index (χ4n) is 15.2. The molecule has 7 aromatic rings.